The molecule has 0 amide bonds. The van der Waals surface area contributed by atoms with Gasteiger partial charge in [-0.05, 0) is 34.6 Å². The minimum absolute atomic E-state index is 0.414. The monoisotopic (exact) mass is 344 g/mol. The number of carbonyl (C=O) groups excluding carboxylic acids is 2. The van der Waals surface area contributed by atoms with Crippen LogP contribution in [0.2, 0.25) is 0 Å². The van der Waals surface area contributed by atoms with Crippen molar-refractivity contribution in [3.05, 3.63) is 53.6 Å². The smallest absolute Gasteiger partial charge is 0.233 e. The van der Waals surface area contributed by atoms with Crippen molar-refractivity contribution in [1.82, 2.24) is 0 Å². The van der Waals surface area contributed by atoms with E-state index in [0.29, 0.717) is 5.56 Å². The SMILES string of the molecule is ClP(Cl)Cl.O=C1C=Cc2c(ccc3ccccc23)C1=O. The zero-order valence-electron chi connectivity index (χ0n) is 10.0. The maximum Gasteiger partial charge on any atom is 0.233 e. The molecule has 0 unspecified atom stereocenters. The second-order valence-corrected chi connectivity index (χ2v) is 8.95. The molecule has 0 aromatic heterocycles. The second kappa shape index (κ2) is 6.69. The van der Waals surface area contributed by atoms with Crippen LogP contribution in [0.15, 0.2) is 42.5 Å². The summed E-state index contributed by atoms with van der Waals surface area (Å²) in [7, 11) is 0. The second-order valence-electron chi connectivity index (χ2n) is 3.97. The molecule has 0 radical (unpaired) electrons. The van der Waals surface area contributed by atoms with Gasteiger partial charge in [0.1, 0.15) is 0 Å². The van der Waals surface area contributed by atoms with Crippen LogP contribution in [0, 0.1) is 0 Å². The van der Waals surface area contributed by atoms with Gasteiger partial charge in [0.15, 0.2) is 5.98 Å². The number of hydrogen-bond acceptors (Lipinski definition) is 2. The van der Waals surface area contributed by atoms with Gasteiger partial charge in [-0.15, -0.1) is 0 Å². The third-order valence-corrected chi connectivity index (χ3v) is 2.84. The molecule has 2 aromatic rings. The number of ketones is 2. The first-order valence-electron chi connectivity index (χ1n) is 5.56. The van der Waals surface area contributed by atoms with Crippen molar-refractivity contribution >= 4 is 68.1 Å². The molecular formula is C14H8Cl3O2P. The highest BCUT2D eigenvalue weighted by molar-refractivity contribution is 8.20. The number of allylic oxidation sites excluding steroid dienone is 1. The molecule has 102 valence electrons. The third kappa shape index (κ3) is 3.39. The highest BCUT2D eigenvalue weighted by Crippen LogP contribution is 2.51. The van der Waals surface area contributed by atoms with E-state index < -0.39 is 17.5 Å². The van der Waals surface area contributed by atoms with Crippen LogP contribution in [0.5, 0.6) is 0 Å². The van der Waals surface area contributed by atoms with Crippen LogP contribution in [0.25, 0.3) is 16.8 Å². The van der Waals surface area contributed by atoms with E-state index in [-0.39, 0.29) is 0 Å². The number of halogens is 3. The quantitative estimate of drug-likeness (QED) is 0.463. The Balaban J connectivity index is 0.000000328. The lowest BCUT2D eigenvalue weighted by Crippen LogP contribution is -2.16. The first-order valence-corrected chi connectivity index (χ1v) is 9.62. The van der Waals surface area contributed by atoms with Crippen LogP contribution in [0.1, 0.15) is 15.9 Å². The van der Waals surface area contributed by atoms with Gasteiger partial charge >= 0.3 is 0 Å². The number of rotatable bonds is 0. The van der Waals surface area contributed by atoms with Crippen LogP contribution in [0.4, 0.5) is 0 Å². The summed E-state index contributed by atoms with van der Waals surface area (Å²) in [5, 5.41) is 2.09. The average molecular weight is 346 g/mol. The predicted molar refractivity (Wildman–Crippen MR) is 86.8 cm³/mol. The first kappa shape index (κ1) is 15.5. The molecule has 0 spiro atoms. The molecule has 6 heteroatoms. The molecule has 1 aliphatic carbocycles. The van der Waals surface area contributed by atoms with Crippen molar-refractivity contribution in [3.8, 4) is 0 Å². The van der Waals surface area contributed by atoms with Crippen molar-refractivity contribution in [2.75, 3.05) is 0 Å². The molecular weight excluding hydrogens is 337 g/mol. The Morgan fingerprint density at radius 3 is 2.20 bits per heavy atom. The predicted octanol–water partition coefficient (Wildman–Crippen LogP) is 5.55. The molecule has 1 aliphatic rings. The molecule has 0 saturated heterocycles. The zero-order valence-corrected chi connectivity index (χ0v) is 13.2. The molecule has 0 fully saturated rings. The first-order chi connectivity index (χ1) is 9.50. The lowest BCUT2D eigenvalue weighted by Gasteiger charge is -2.11. The largest absolute Gasteiger partial charge is 0.286 e. The molecule has 0 N–H and O–H groups in total. The molecule has 0 heterocycles. The number of hydrogen-bond donors (Lipinski definition) is 0. The highest BCUT2D eigenvalue weighted by atomic mass is 36.0. The lowest BCUT2D eigenvalue weighted by molar-refractivity contribution is -0.110. The topological polar surface area (TPSA) is 34.1 Å². The van der Waals surface area contributed by atoms with Gasteiger partial charge in [-0.25, -0.2) is 0 Å². The van der Waals surface area contributed by atoms with Gasteiger partial charge in [0.25, 0.3) is 0 Å². The van der Waals surface area contributed by atoms with Crippen molar-refractivity contribution < 1.29 is 9.59 Å². The van der Waals surface area contributed by atoms with Crippen molar-refractivity contribution in [3.63, 3.8) is 0 Å². The Kier molecular flexibility index (Phi) is 5.17. The molecule has 2 nitrogen and oxygen atoms in total. The number of Topliss-reactive ketones (excluding diaryl/α,β-unsaturated/α-hetero) is 1. The van der Waals surface area contributed by atoms with E-state index >= 15 is 0 Å². The van der Waals surface area contributed by atoms with E-state index in [9.17, 15) is 9.59 Å². The fraction of sp³-hybridized carbons (Fsp3) is 0. The van der Waals surface area contributed by atoms with Gasteiger partial charge in [-0.2, -0.15) is 0 Å². The van der Waals surface area contributed by atoms with E-state index in [2.05, 4.69) is 0 Å². The van der Waals surface area contributed by atoms with E-state index in [1.54, 1.807) is 12.1 Å². The normalized spacial score (nSPS) is 13.2. The van der Waals surface area contributed by atoms with E-state index in [4.69, 9.17) is 33.7 Å². The van der Waals surface area contributed by atoms with Crippen molar-refractivity contribution in [2.45, 2.75) is 0 Å². The summed E-state index contributed by atoms with van der Waals surface area (Å²) >= 11 is 14.6. The van der Waals surface area contributed by atoms with E-state index in [1.807, 2.05) is 30.3 Å². The van der Waals surface area contributed by atoms with Gasteiger partial charge in [0, 0.05) is 5.56 Å². The minimum atomic E-state index is -1.20. The summed E-state index contributed by atoms with van der Waals surface area (Å²) in [5.74, 6) is -2.06. The average Bonchev–Trinajstić information content (AvgIpc) is 2.42. The van der Waals surface area contributed by atoms with Crippen LogP contribution in [-0.2, 0) is 4.79 Å². The van der Waals surface area contributed by atoms with Gasteiger partial charge in [0.2, 0.25) is 11.6 Å². The van der Waals surface area contributed by atoms with Gasteiger partial charge in [-0.3, -0.25) is 9.59 Å². The summed E-state index contributed by atoms with van der Waals surface area (Å²) in [6.45, 7) is 0. The van der Waals surface area contributed by atoms with Crippen LogP contribution < -0.4 is 0 Å². The fourth-order valence-corrected chi connectivity index (χ4v) is 2.04. The zero-order chi connectivity index (χ0) is 14.7. The molecule has 0 aliphatic heterocycles. The summed E-state index contributed by atoms with van der Waals surface area (Å²) in [4.78, 5) is 22.9. The van der Waals surface area contributed by atoms with Crippen LogP contribution in [-0.4, -0.2) is 11.6 Å². The molecule has 2 aromatic carbocycles. The molecule has 3 rings (SSSR count). The fourth-order valence-electron chi connectivity index (χ4n) is 2.04. The molecule has 0 saturated carbocycles. The Morgan fingerprint density at radius 1 is 0.850 bits per heavy atom. The Labute approximate surface area is 131 Å². The van der Waals surface area contributed by atoms with E-state index in [0.717, 1.165) is 16.3 Å². The maximum absolute atomic E-state index is 11.7. The summed E-state index contributed by atoms with van der Waals surface area (Å²) in [5.41, 5.74) is 1.36. The Hall–Kier alpha value is -0.920. The number of carbonyl (C=O) groups is 2. The number of fused-ring (bicyclic) bond motifs is 3. The number of benzene rings is 2. The summed E-state index contributed by atoms with van der Waals surface area (Å²) in [6.07, 6.45) is 3.07. The summed E-state index contributed by atoms with van der Waals surface area (Å²) in [6, 6.07) is 11.4. The highest BCUT2D eigenvalue weighted by Gasteiger charge is 2.21. The lowest BCUT2D eigenvalue weighted by atomic mass is 9.91. The van der Waals surface area contributed by atoms with Crippen molar-refractivity contribution in [1.29, 1.82) is 0 Å². The molecule has 20 heavy (non-hydrogen) atoms. The summed E-state index contributed by atoms with van der Waals surface area (Å²) < 4.78 is 0. The van der Waals surface area contributed by atoms with Gasteiger partial charge < -0.3 is 0 Å². The minimum Gasteiger partial charge on any atom is -0.286 e. The van der Waals surface area contributed by atoms with Gasteiger partial charge in [0.05, 0.1) is 0 Å². The Bertz CT molecular complexity index is 708. The van der Waals surface area contributed by atoms with Crippen LogP contribution in [0.3, 0.4) is 0 Å². The van der Waals surface area contributed by atoms with E-state index in [1.165, 1.54) is 6.08 Å². The maximum atomic E-state index is 11.7. The molecule has 0 bridgehead atoms. The standard InChI is InChI=1S/C14H8O2.Cl3P/c15-13-8-7-11-10-4-2-1-3-9(10)5-6-12(11)14(13)16;1-4(2)3/h1-8H;. The van der Waals surface area contributed by atoms with Gasteiger partial charge in [-0.1, -0.05) is 64.1 Å². The third-order valence-electron chi connectivity index (χ3n) is 2.84. The Morgan fingerprint density at radius 2 is 1.50 bits per heavy atom. The molecule has 0 atom stereocenters. The van der Waals surface area contributed by atoms with Crippen molar-refractivity contribution in [2.24, 2.45) is 0 Å². The van der Waals surface area contributed by atoms with Crippen LogP contribution >= 0.6 is 39.7 Å².